The van der Waals surface area contributed by atoms with E-state index in [1.165, 1.54) is 0 Å². The van der Waals surface area contributed by atoms with Gasteiger partial charge in [-0.15, -0.1) is 0 Å². The molecule has 5 heteroatoms. The molecule has 0 bridgehead atoms. The Hall–Kier alpha value is -2.81. The van der Waals surface area contributed by atoms with Crippen LogP contribution in [0, 0.1) is 0 Å². The van der Waals surface area contributed by atoms with Gasteiger partial charge in [0, 0.05) is 17.1 Å². The van der Waals surface area contributed by atoms with Crippen molar-refractivity contribution < 1.29 is 0 Å². The van der Waals surface area contributed by atoms with E-state index in [0.29, 0.717) is 0 Å². The molecular formula is C18H15B2N3. The van der Waals surface area contributed by atoms with E-state index in [1.807, 2.05) is 18.2 Å². The molecule has 0 aromatic heterocycles. The van der Waals surface area contributed by atoms with E-state index in [0.717, 1.165) is 17.1 Å². The Balaban J connectivity index is 1.70. The number of hydrogen-bond donors (Lipinski definition) is 0. The molecule has 1 aliphatic heterocycles. The van der Waals surface area contributed by atoms with Crippen LogP contribution in [0.4, 0.5) is 17.1 Å². The minimum absolute atomic E-state index is 1.12. The summed E-state index contributed by atoms with van der Waals surface area (Å²) in [4.78, 5) is 4.28. The van der Waals surface area contributed by atoms with Crippen molar-refractivity contribution in [1.29, 1.82) is 0 Å². The summed E-state index contributed by atoms with van der Waals surface area (Å²) in [7, 11) is 4.19. The minimum atomic E-state index is 1.12. The molecule has 3 nitrogen and oxygen atoms in total. The first kappa shape index (κ1) is 13.8. The SMILES string of the molecule is [B]1N(c2ccccc2)[B]N(c2ccccc2)N1c1ccccc1. The van der Waals surface area contributed by atoms with Gasteiger partial charge >= 0.3 is 15.1 Å². The molecule has 1 fully saturated rings. The summed E-state index contributed by atoms with van der Waals surface area (Å²) in [5.41, 5.74) is 3.36. The summed E-state index contributed by atoms with van der Waals surface area (Å²) in [6, 6.07) is 31.0. The highest BCUT2D eigenvalue weighted by molar-refractivity contribution is 6.74. The Morgan fingerprint density at radius 1 is 0.435 bits per heavy atom. The van der Waals surface area contributed by atoms with Gasteiger partial charge in [0.2, 0.25) is 0 Å². The average Bonchev–Trinajstić information content (AvgIpc) is 3.09. The van der Waals surface area contributed by atoms with Crippen molar-refractivity contribution in [2.45, 2.75) is 0 Å². The second-order valence-corrected chi connectivity index (χ2v) is 5.33. The quantitative estimate of drug-likeness (QED) is 0.685. The molecule has 0 atom stereocenters. The van der Waals surface area contributed by atoms with Gasteiger partial charge in [0.15, 0.2) is 0 Å². The number of hydrogen-bond acceptors (Lipinski definition) is 3. The molecule has 2 radical (unpaired) electrons. The Morgan fingerprint density at radius 2 is 0.783 bits per heavy atom. The zero-order chi connectivity index (χ0) is 15.5. The van der Waals surface area contributed by atoms with Crippen LogP contribution in [0.25, 0.3) is 0 Å². The summed E-state index contributed by atoms with van der Waals surface area (Å²) in [6.07, 6.45) is 0. The molecule has 3 aromatic carbocycles. The molecule has 4 rings (SSSR count). The largest absolute Gasteiger partial charge is 0.427 e. The lowest BCUT2D eigenvalue weighted by molar-refractivity contribution is 1.14. The third kappa shape index (κ3) is 2.78. The number of nitrogens with zero attached hydrogens (tertiary/aromatic N) is 3. The normalized spacial score (nSPS) is 13.7. The van der Waals surface area contributed by atoms with Crippen molar-refractivity contribution in [1.82, 2.24) is 0 Å². The van der Waals surface area contributed by atoms with E-state index >= 15 is 0 Å². The molecular weight excluding hydrogens is 280 g/mol. The van der Waals surface area contributed by atoms with Crippen molar-refractivity contribution in [3.8, 4) is 0 Å². The standard InChI is InChI=1S/C18H15B2N3/c1-4-10-16(11-5-1)21-19-22(17-12-6-2-7-13-17)23(20-21)18-14-8-3-9-15-18/h1-15H. The van der Waals surface area contributed by atoms with E-state index < -0.39 is 0 Å². The van der Waals surface area contributed by atoms with E-state index in [4.69, 9.17) is 0 Å². The molecule has 0 amide bonds. The van der Waals surface area contributed by atoms with Crippen molar-refractivity contribution in [3.63, 3.8) is 0 Å². The zero-order valence-electron chi connectivity index (χ0n) is 12.7. The van der Waals surface area contributed by atoms with Gasteiger partial charge in [-0.25, -0.2) is 0 Å². The van der Waals surface area contributed by atoms with Crippen LogP contribution < -0.4 is 14.6 Å². The average molecular weight is 295 g/mol. The third-order valence-electron chi connectivity index (χ3n) is 3.80. The van der Waals surface area contributed by atoms with Gasteiger partial charge in [0.1, 0.15) is 0 Å². The fourth-order valence-electron chi connectivity index (χ4n) is 2.65. The molecule has 1 aliphatic rings. The predicted molar refractivity (Wildman–Crippen MR) is 98.3 cm³/mol. The number of para-hydroxylation sites is 3. The summed E-state index contributed by atoms with van der Waals surface area (Å²) in [5.74, 6) is 0. The van der Waals surface area contributed by atoms with E-state index in [2.05, 4.69) is 102 Å². The van der Waals surface area contributed by atoms with Crippen LogP contribution in [0.3, 0.4) is 0 Å². The van der Waals surface area contributed by atoms with Gasteiger partial charge in [-0.3, -0.25) is 0 Å². The molecule has 0 N–H and O–H groups in total. The monoisotopic (exact) mass is 295 g/mol. The summed E-state index contributed by atoms with van der Waals surface area (Å²) in [6.45, 7) is 0. The van der Waals surface area contributed by atoms with E-state index in [1.54, 1.807) is 0 Å². The van der Waals surface area contributed by atoms with Crippen LogP contribution in [0.1, 0.15) is 0 Å². The van der Waals surface area contributed by atoms with Crippen LogP contribution in [-0.4, -0.2) is 15.1 Å². The van der Waals surface area contributed by atoms with Crippen LogP contribution in [0.2, 0.25) is 0 Å². The Bertz CT molecular complexity index is 705. The van der Waals surface area contributed by atoms with Gasteiger partial charge in [0.25, 0.3) is 0 Å². The van der Waals surface area contributed by atoms with E-state index in [9.17, 15) is 0 Å². The molecule has 0 saturated carbocycles. The molecule has 0 aliphatic carbocycles. The lowest BCUT2D eigenvalue weighted by Gasteiger charge is -2.30. The van der Waals surface area contributed by atoms with Crippen LogP contribution >= 0.6 is 0 Å². The molecule has 1 saturated heterocycles. The lowest BCUT2D eigenvalue weighted by Crippen LogP contribution is -2.39. The first-order valence-electron chi connectivity index (χ1n) is 7.64. The minimum Gasteiger partial charge on any atom is -0.427 e. The maximum atomic E-state index is 2.14. The zero-order valence-corrected chi connectivity index (χ0v) is 12.7. The van der Waals surface area contributed by atoms with Crippen LogP contribution in [0.15, 0.2) is 91.0 Å². The predicted octanol–water partition coefficient (Wildman–Crippen LogP) is 3.50. The first-order chi connectivity index (χ1) is 11.4. The van der Waals surface area contributed by atoms with Gasteiger partial charge in [-0.2, -0.15) is 0 Å². The maximum Gasteiger partial charge on any atom is 0.399 e. The number of hydrazine groups is 1. The van der Waals surface area contributed by atoms with Crippen LogP contribution in [-0.2, 0) is 0 Å². The second kappa shape index (κ2) is 6.13. The van der Waals surface area contributed by atoms with Crippen LogP contribution in [0.5, 0.6) is 0 Å². The van der Waals surface area contributed by atoms with Crippen molar-refractivity contribution in [2.24, 2.45) is 0 Å². The Morgan fingerprint density at radius 3 is 1.17 bits per heavy atom. The topological polar surface area (TPSA) is 9.72 Å². The second-order valence-electron chi connectivity index (χ2n) is 5.33. The Labute approximate surface area is 138 Å². The molecule has 23 heavy (non-hydrogen) atoms. The number of benzene rings is 3. The fraction of sp³-hybridized carbons (Fsp3) is 0. The molecule has 0 unspecified atom stereocenters. The van der Waals surface area contributed by atoms with Crippen molar-refractivity contribution >= 4 is 32.2 Å². The lowest BCUT2D eigenvalue weighted by atomic mass is 9.96. The number of rotatable bonds is 3. The highest BCUT2D eigenvalue weighted by Crippen LogP contribution is 2.27. The van der Waals surface area contributed by atoms with Gasteiger partial charge in [0.05, 0.1) is 0 Å². The maximum absolute atomic E-state index is 2.14. The molecule has 0 spiro atoms. The summed E-state index contributed by atoms with van der Waals surface area (Å²) < 4.78 is 2.12. The first-order valence-corrected chi connectivity index (χ1v) is 7.64. The summed E-state index contributed by atoms with van der Waals surface area (Å²) >= 11 is 0. The highest BCUT2D eigenvalue weighted by Gasteiger charge is 2.33. The van der Waals surface area contributed by atoms with E-state index in [-0.39, 0.29) is 0 Å². The van der Waals surface area contributed by atoms with Gasteiger partial charge in [-0.1, -0.05) is 54.6 Å². The molecule has 3 aromatic rings. The highest BCUT2D eigenvalue weighted by atomic mass is 15.6. The molecule has 108 valence electrons. The number of anilines is 3. The molecule has 1 heterocycles. The summed E-state index contributed by atoms with van der Waals surface area (Å²) in [5, 5.41) is 0. The van der Waals surface area contributed by atoms with Gasteiger partial charge < -0.3 is 14.6 Å². The smallest absolute Gasteiger partial charge is 0.399 e. The Kier molecular flexibility index (Phi) is 3.68. The fourth-order valence-corrected chi connectivity index (χ4v) is 2.65. The third-order valence-corrected chi connectivity index (χ3v) is 3.80. The van der Waals surface area contributed by atoms with Crippen molar-refractivity contribution in [3.05, 3.63) is 91.0 Å². The van der Waals surface area contributed by atoms with Crippen molar-refractivity contribution in [2.75, 3.05) is 14.6 Å². The van der Waals surface area contributed by atoms with Gasteiger partial charge in [-0.05, 0) is 36.4 Å².